The number of nitrogens with zero attached hydrogens (tertiary/aromatic N) is 2. The van der Waals surface area contributed by atoms with Crippen LogP contribution in [0.15, 0.2) is 54.6 Å². The molecule has 5 atom stereocenters. The van der Waals surface area contributed by atoms with Gasteiger partial charge in [0.15, 0.2) is 11.8 Å². The van der Waals surface area contributed by atoms with E-state index in [0.717, 1.165) is 12.1 Å². The standard InChI is InChI=1S/C24H22ClN3O4/c25-16-10-17-23(28-24(26-17)32-19-12-31-21-18(29)11-30-22(19)21)27-20(16)15-8-6-14(7-9-15)13-4-2-1-3-5-13/h1-8,10,15,18-19,21-22,29H,9,11-12H2,(H,26,27,28). The van der Waals surface area contributed by atoms with E-state index in [1.807, 2.05) is 24.3 Å². The molecule has 164 valence electrons. The summed E-state index contributed by atoms with van der Waals surface area (Å²) in [5.41, 5.74) is 4.45. The molecule has 2 fully saturated rings. The summed E-state index contributed by atoms with van der Waals surface area (Å²) in [4.78, 5) is 12.4. The lowest BCUT2D eigenvalue weighted by atomic mass is 9.90. The number of pyridine rings is 1. The molecule has 0 radical (unpaired) electrons. The van der Waals surface area contributed by atoms with Crippen molar-refractivity contribution in [3.05, 3.63) is 70.9 Å². The first-order chi connectivity index (χ1) is 15.7. The lowest BCUT2D eigenvalue weighted by Gasteiger charge is -2.17. The number of fused-ring (bicyclic) bond motifs is 2. The third-order valence-corrected chi connectivity index (χ3v) is 6.54. The molecule has 7 nitrogen and oxygen atoms in total. The van der Waals surface area contributed by atoms with E-state index in [0.29, 0.717) is 28.8 Å². The first-order valence-corrected chi connectivity index (χ1v) is 11.1. The molecule has 5 unspecified atom stereocenters. The van der Waals surface area contributed by atoms with Crippen molar-refractivity contribution in [2.45, 2.75) is 36.8 Å². The van der Waals surface area contributed by atoms with Crippen LogP contribution in [-0.2, 0) is 9.47 Å². The summed E-state index contributed by atoms with van der Waals surface area (Å²) in [6.45, 7) is 0.594. The Bertz CT molecular complexity index is 1210. The number of rotatable bonds is 4. The van der Waals surface area contributed by atoms with Gasteiger partial charge in [0, 0.05) is 5.92 Å². The zero-order chi connectivity index (χ0) is 21.7. The van der Waals surface area contributed by atoms with Crippen molar-refractivity contribution < 1.29 is 19.3 Å². The highest BCUT2D eigenvalue weighted by Crippen LogP contribution is 2.35. The molecule has 2 N–H and O–H groups in total. The van der Waals surface area contributed by atoms with Crippen molar-refractivity contribution in [1.82, 2.24) is 15.0 Å². The number of hydrogen-bond acceptors (Lipinski definition) is 6. The molecular weight excluding hydrogens is 430 g/mol. The van der Waals surface area contributed by atoms with Crippen LogP contribution in [0.2, 0.25) is 5.02 Å². The molecule has 2 aliphatic heterocycles. The van der Waals surface area contributed by atoms with Crippen LogP contribution in [0.4, 0.5) is 0 Å². The summed E-state index contributed by atoms with van der Waals surface area (Å²) < 4.78 is 17.2. The molecule has 0 bridgehead atoms. The second-order valence-corrected chi connectivity index (χ2v) is 8.72. The van der Waals surface area contributed by atoms with E-state index in [1.54, 1.807) is 0 Å². The van der Waals surface area contributed by atoms with E-state index < -0.39 is 6.10 Å². The number of nitrogens with one attached hydrogen (secondary N) is 1. The lowest BCUT2D eigenvalue weighted by molar-refractivity contribution is 0.00706. The second-order valence-electron chi connectivity index (χ2n) is 8.31. The maximum absolute atomic E-state index is 9.90. The third-order valence-electron chi connectivity index (χ3n) is 6.24. The highest BCUT2D eigenvalue weighted by Gasteiger charge is 2.48. The van der Waals surface area contributed by atoms with E-state index >= 15 is 0 Å². The average molecular weight is 452 g/mol. The van der Waals surface area contributed by atoms with Crippen LogP contribution < -0.4 is 4.74 Å². The van der Waals surface area contributed by atoms with Crippen LogP contribution in [0.5, 0.6) is 6.01 Å². The minimum absolute atomic E-state index is 0.0813. The summed E-state index contributed by atoms with van der Waals surface area (Å²) in [7, 11) is 0. The Labute approximate surface area is 189 Å². The molecule has 4 heterocycles. The Morgan fingerprint density at radius 1 is 1.09 bits per heavy atom. The first kappa shape index (κ1) is 19.9. The molecule has 6 rings (SSSR count). The van der Waals surface area contributed by atoms with Crippen LogP contribution in [0.3, 0.4) is 0 Å². The number of aromatic nitrogens is 3. The van der Waals surface area contributed by atoms with Gasteiger partial charge in [-0.05, 0) is 23.6 Å². The highest BCUT2D eigenvalue weighted by molar-refractivity contribution is 6.31. The molecular formula is C24H22ClN3O4. The zero-order valence-electron chi connectivity index (χ0n) is 17.1. The van der Waals surface area contributed by atoms with E-state index in [1.165, 1.54) is 11.1 Å². The Morgan fingerprint density at radius 3 is 2.75 bits per heavy atom. The monoisotopic (exact) mass is 451 g/mol. The van der Waals surface area contributed by atoms with Gasteiger partial charge in [-0.1, -0.05) is 60.2 Å². The highest BCUT2D eigenvalue weighted by atomic mass is 35.5. The predicted octanol–water partition coefficient (Wildman–Crippen LogP) is 3.64. The van der Waals surface area contributed by atoms with Gasteiger partial charge < -0.3 is 24.3 Å². The van der Waals surface area contributed by atoms with E-state index in [2.05, 4.69) is 40.3 Å². The second kappa shape index (κ2) is 8.01. The number of allylic oxidation sites excluding steroid dienone is 4. The largest absolute Gasteiger partial charge is 0.456 e. The smallest absolute Gasteiger partial charge is 0.296 e. The van der Waals surface area contributed by atoms with Gasteiger partial charge in [0.25, 0.3) is 6.01 Å². The van der Waals surface area contributed by atoms with E-state index in [9.17, 15) is 5.11 Å². The Kier molecular flexibility index (Phi) is 4.99. The molecule has 1 aliphatic carbocycles. The third kappa shape index (κ3) is 3.51. The van der Waals surface area contributed by atoms with Gasteiger partial charge in [-0.25, -0.2) is 4.98 Å². The van der Waals surface area contributed by atoms with Crippen molar-refractivity contribution >= 4 is 28.3 Å². The molecule has 1 aromatic carbocycles. The molecule has 0 amide bonds. The lowest BCUT2D eigenvalue weighted by Crippen LogP contribution is -2.34. The number of hydrogen-bond donors (Lipinski definition) is 2. The zero-order valence-corrected chi connectivity index (χ0v) is 17.9. The number of ether oxygens (including phenoxy) is 3. The molecule has 2 saturated heterocycles. The number of halogens is 1. The van der Waals surface area contributed by atoms with Crippen molar-refractivity contribution in [2.24, 2.45) is 0 Å². The number of aromatic amines is 1. The molecule has 0 saturated carbocycles. The van der Waals surface area contributed by atoms with Crippen molar-refractivity contribution in [3.63, 3.8) is 0 Å². The first-order valence-electron chi connectivity index (χ1n) is 10.7. The molecule has 32 heavy (non-hydrogen) atoms. The van der Waals surface area contributed by atoms with E-state index in [-0.39, 0.29) is 30.8 Å². The molecule has 0 spiro atoms. The fraction of sp³-hybridized carbons (Fsp3) is 0.333. The Hall–Kier alpha value is -2.71. The maximum Gasteiger partial charge on any atom is 0.296 e. The fourth-order valence-corrected chi connectivity index (χ4v) is 4.87. The average Bonchev–Trinajstić information content (AvgIpc) is 3.51. The number of aliphatic hydroxyl groups is 1. The van der Waals surface area contributed by atoms with Gasteiger partial charge in [-0.2, -0.15) is 4.98 Å². The normalized spacial score (nSPS) is 29.3. The minimum atomic E-state index is -0.618. The number of benzene rings is 1. The summed E-state index contributed by atoms with van der Waals surface area (Å²) in [6.07, 6.45) is 5.69. The predicted molar refractivity (Wildman–Crippen MR) is 120 cm³/mol. The summed E-state index contributed by atoms with van der Waals surface area (Å²) in [5, 5.41) is 10.5. The van der Waals surface area contributed by atoms with Crippen LogP contribution in [0.25, 0.3) is 16.7 Å². The molecule has 3 aromatic rings. The quantitative estimate of drug-likeness (QED) is 0.629. The maximum atomic E-state index is 9.90. The van der Waals surface area contributed by atoms with Gasteiger partial charge in [0.2, 0.25) is 0 Å². The summed E-state index contributed by atoms with van der Waals surface area (Å²) in [5.74, 6) is 0.0813. The van der Waals surface area contributed by atoms with Crippen molar-refractivity contribution in [1.29, 1.82) is 0 Å². The Balaban J connectivity index is 1.21. The van der Waals surface area contributed by atoms with Crippen LogP contribution >= 0.6 is 11.6 Å². The van der Waals surface area contributed by atoms with Crippen LogP contribution in [-0.4, -0.2) is 57.7 Å². The fourth-order valence-electron chi connectivity index (χ4n) is 4.58. The SMILES string of the molecule is OC1COC2C(Oc3nc4nc(C5C=CC(c6ccccc6)=CC5)c(Cl)cc4[nH]3)COC12. The molecule has 3 aliphatic rings. The van der Waals surface area contributed by atoms with Crippen molar-refractivity contribution in [3.8, 4) is 6.01 Å². The molecule has 2 aromatic heterocycles. The summed E-state index contributed by atoms with van der Waals surface area (Å²) in [6, 6.07) is 12.5. The summed E-state index contributed by atoms with van der Waals surface area (Å²) >= 11 is 6.59. The number of aliphatic hydroxyl groups excluding tert-OH is 1. The minimum Gasteiger partial charge on any atom is -0.456 e. The van der Waals surface area contributed by atoms with Gasteiger partial charge in [0.05, 0.1) is 29.4 Å². The van der Waals surface area contributed by atoms with Crippen LogP contribution in [0.1, 0.15) is 23.6 Å². The van der Waals surface area contributed by atoms with E-state index in [4.69, 9.17) is 30.8 Å². The number of imidazole rings is 1. The van der Waals surface area contributed by atoms with Gasteiger partial charge in [-0.15, -0.1) is 0 Å². The van der Waals surface area contributed by atoms with Gasteiger partial charge in [-0.3, -0.25) is 0 Å². The topological polar surface area (TPSA) is 89.5 Å². The Morgan fingerprint density at radius 2 is 1.94 bits per heavy atom. The van der Waals surface area contributed by atoms with Gasteiger partial charge in [0.1, 0.15) is 18.3 Å². The van der Waals surface area contributed by atoms with Crippen LogP contribution in [0, 0.1) is 0 Å². The van der Waals surface area contributed by atoms with Crippen molar-refractivity contribution in [2.75, 3.05) is 13.2 Å². The molecule has 8 heteroatoms. The number of H-pyrrole nitrogens is 1. The van der Waals surface area contributed by atoms with Gasteiger partial charge >= 0.3 is 0 Å².